The fourth-order valence-corrected chi connectivity index (χ4v) is 2.53. The van der Waals surface area contributed by atoms with Crippen LogP contribution < -0.4 is 0 Å². The second-order valence-corrected chi connectivity index (χ2v) is 4.46. The Morgan fingerprint density at radius 2 is 2.08 bits per heavy atom. The molecule has 4 atom stereocenters. The first kappa shape index (κ1) is 9.76. The van der Waals surface area contributed by atoms with Gasteiger partial charge in [0.25, 0.3) is 0 Å². The topological polar surface area (TPSA) is 17.1 Å². The SMILES string of the molecule is CC1CCC([C@H](C)CC=O)C1C. The summed E-state index contributed by atoms with van der Waals surface area (Å²) in [7, 11) is 0. The summed E-state index contributed by atoms with van der Waals surface area (Å²) in [4.78, 5) is 10.4. The number of rotatable bonds is 3. The van der Waals surface area contributed by atoms with Crippen molar-refractivity contribution in [1.29, 1.82) is 0 Å². The molecular weight excluding hydrogens is 148 g/mol. The molecule has 0 N–H and O–H groups in total. The summed E-state index contributed by atoms with van der Waals surface area (Å²) in [6, 6.07) is 0. The molecule has 1 aliphatic carbocycles. The van der Waals surface area contributed by atoms with Gasteiger partial charge >= 0.3 is 0 Å². The third-order valence-corrected chi connectivity index (χ3v) is 3.73. The lowest BCUT2D eigenvalue weighted by molar-refractivity contribution is -0.108. The van der Waals surface area contributed by atoms with E-state index in [-0.39, 0.29) is 0 Å². The molecule has 0 amide bonds. The van der Waals surface area contributed by atoms with Crippen molar-refractivity contribution < 1.29 is 4.79 Å². The monoisotopic (exact) mass is 168 g/mol. The van der Waals surface area contributed by atoms with Gasteiger partial charge in [-0.05, 0) is 30.1 Å². The van der Waals surface area contributed by atoms with Crippen molar-refractivity contribution in [3.8, 4) is 0 Å². The Hall–Kier alpha value is -0.330. The molecule has 0 aromatic carbocycles. The molecule has 3 unspecified atom stereocenters. The second kappa shape index (κ2) is 4.06. The molecule has 12 heavy (non-hydrogen) atoms. The van der Waals surface area contributed by atoms with E-state index < -0.39 is 0 Å². The van der Waals surface area contributed by atoms with Gasteiger partial charge in [-0.1, -0.05) is 27.2 Å². The summed E-state index contributed by atoms with van der Waals surface area (Å²) in [5.41, 5.74) is 0. The van der Waals surface area contributed by atoms with Gasteiger partial charge in [0.15, 0.2) is 0 Å². The molecule has 0 bridgehead atoms. The van der Waals surface area contributed by atoms with E-state index in [1.165, 1.54) is 12.8 Å². The van der Waals surface area contributed by atoms with E-state index in [2.05, 4.69) is 20.8 Å². The minimum Gasteiger partial charge on any atom is -0.303 e. The molecule has 70 valence electrons. The lowest BCUT2D eigenvalue weighted by Crippen LogP contribution is -2.17. The van der Waals surface area contributed by atoms with Crippen LogP contribution in [0.1, 0.15) is 40.0 Å². The molecule has 0 aliphatic heterocycles. The molecule has 0 radical (unpaired) electrons. The second-order valence-electron chi connectivity index (χ2n) is 4.46. The first-order valence-corrected chi connectivity index (χ1v) is 5.10. The van der Waals surface area contributed by atoms with Crippen molar-refractivity contribution in [3.05, 3.63) is 0 Å². The highest BCUT2D eigenvalue weighted by atomic mass is 16.1. The molecule has 0 aromatic heterocycles. The van der Waals surface area contributed by atoms with Crippen LogP contribution in [0, 0.1) is 23.7 Å². The summed E-state index contributed by atoms with van der Waals surface area (Å²) in [5, 5.41) is 0. The first-order chi connectivity index (χ1) is 5.66. The lowest BCUT2D eigenvalue weighted by atomic mass is 9.82. The van der Waals surface area contributed by atoms with Gasteiger partial charge in [-0.25, -0.2) is 0 Å². The Morgan fingerprint density at radius 3 is 2.50 bits per heavy atom. The van der Waals surface area contributed by atoms with Gasteiger partial charge in [-0.2, -0.15) is 0 Å². The molecule has 1 rings (SSSR count). The Kier molecular flexibility index (Phi) is 3.30. The van der Waals surface area contributed by atoms with E-state index in [1.54, 1.807) is 0 Å². The smallest absolute Gasteiger partial charge is 0.120 e. The Balaban J connectivity index is 2.46. The van der Waals surface area contributed by atoms with Crippen LogP contribution >= 0.6 is 0 Å². The summed E-state index contributed by atoms with van der Waals surface area (Å²) >= 11 is 0. The largest absolute Gasteiger partial charge is 0.303 e. The first-order valence-electron chi connectivity index (χ1n) is 5.10. The average Bonchev–Trinajstić information content (AvgIpc) is 2.34. The zero-order valence-corrected chi connectivity index (χ0v) is 8.42. The van der Waals surface area contributed by atoms with E-state index in [1.807, 2.05) is 0 Å². The summed E-state index contributed by atoms with van der Waals surface area (Å²) in [5.74, 6) is 3.08. The average molecular weight is 168 g/mol. The highest BCUT2D eigenvalue weighted by Gasteiger charge is 2.32. The Bertz CT molecular complexity index is 153. The van der Waals surface area contributed by atoms with E-state index in [0.29, 0.717) is 5.92 Å². The molecule has 0 aromatic rings. The zero-order chi connectivity index (χ0) is 9.14. The Morgan fingerprint density at radius 1 is 1.42 bits per heavy atom. The molecule has 1 heteroatoms. The molecular formula is C11H20O. The van der Waals surface area contributed by atoms with Crippen LogP contribution in [-0.4, -0.2) is 6.29 Å². The van der Waals surface area contributed by atoms with E-state index in [9.17, 15) is 4.79 Å². The molecule has 1 fully saturated rings. The molecule has 1 nitrogen and oxygen atoms in total. The van der Waals surface area contributed by atoms with Crippen LogP contribution in [0.5, 0.6) is 0 Å². The lowest BCUT2D eigenvalue weighted by Gasteiger charge is -2.23. The maximum atomic E-state index is 10.4. The predicted octanol–water partition coefficient (Wildman–Crippen LogP) is 2.89. The third-order valence-electron chi connectivity index (χ3n) is 3.73. The van der Waals surface area contributed by atoms with Crippen molar-refractivity contribution in [2.75, 3.05) is 0 Å². The summed E-state index contributed by atoms with van der Waals surface area (Å²) in [6.45, 7) is 6.88. The maximum Gasteiger partial charge on any atom is 0.120 e. The van der Waals surface area contributed by atoms with Crippen LogP contribution in [-0.2, 0) is 4.79 Å². The normalized spacial score (nSPS) is 38.1. The summed E-state index contributed by atoms with van der Waals surface area (Å²) in [6.07, 6.45) is 4.51. The molecule has 0 heterocycles. The van der Waals surface area contributed by atoms with Crippen LogP contribution in [0.3, 0.4) is 0 Å². The molecule has 0 spiro atoms. The quantitative estimate of drug-likeness (QED) is 0.592. The third kappa shape index (κ3) is 1.88. The highest BCUT2D eigenvalue weighted by molar-refractivity contribution is 5.49. The molecule has 1 aliphatic rings. The minimum atomic E-state index is 0.599. The van der Waals surface area contributed by atoms with Gasteiger partial charge in [-0.3, -0.25) is 0 Å². The zero-order valence-electron chi connectivity index (χ0n) is 8.42. The number of carbonyl (C=O) groups is 1. The predicted molar refractivity (Wildman–Crippen MR) is 50.9 cm³/mol. The fourth-order valence-electron chi connectivity index (χ4n) is 2.53. The van der Waals surface area contributed by atoms with Crippen LogP contribution in [0.25, 0.3) is 0 Å². The highest BCUT2D eigenvalue weighted by Crippen LogP contribution is 2.41. The van der Waals surface area contributed by atoms with Crippen molar-refractivity contribution in [3.63, 3.8) is 0 Å². The maximum absolute atomic E-state index is 10.4. The number of hydrogen-bond acceptors (Lipinski definition) is 1. The van der Waals surface area contributed by atoms with Crippen molar-refractivity contribution in [2.45, 2.75) is 40.0 Å². The molecule has 1 saturated carbocycles. The van der Waals surface area contributed by atoms with Gasteiger partial charge in [0.1, 0.15) is 6.29 Å². The van der Waals surface area contributed by atoms with Crippen LogP contribution in [0.2, 0.25) is 0 Å². The van der Waals surface area contributed by atoms with Crippen molar-refractivity contribution >= 4 is 6.29 Å². The van der Waals surface area contributed by atoms with Crippen molar-refractivity contribution in [2.24, 2.45) is 23.7 Å². The van der Waals surface area contributed by atoms with Gasteiger partial charge in [0.05, 0.1) is 0 Å². The van der Waals surface area contributed by atoms with E-state index in [4.69, 9.17) is 0 Å². The Labute approximate surface area is 75.5 Å². The van der Waals surface area contributed by atoms with E-state index in [0.717, 1.165) is 30.5 Å². The number of hydrogen-bond donors (Lipinski definition) is 0. The number of aldehydes is 1. The standard InChI is InChI=1S/C11H20O/c1-8-4-5-11(10(8)3)9(2)6-7-12/h7-11H,4-6H2,1-3H3/t8?,9-,10?,11?/m1/s1. The van der Waals surface area contributed by atoms with Gasteiger partial charge in [0.2, 0.25) is 0 Å². The molecule has 0 saturated heterocycles. The number of carbonyl (C=O) groups excluding carboxylic acids is 1. The van der Waals surface area contributed by atoms with E-state index >= 15 is 0 Å². The summed E-state index contributed by atoms with van der Waals surface area (Å²) < 4.78 is 0. The minimum absolute atomic E-state index is 0.599. The van der Waals surface area contributed by atoms with Gasteiger partial charge in [-0.15, -0.1) is 0 Å². The van der Waals surface area contributed by atoms with Crippen LogP contribution in [0.15, 0.2) is 0 Å². The van der Waals surface area contributed by atoms with Crippen LogP contribution in [0.4, 0.5) is 0 Å². The van der Waals surface area contributed by atoms with Gasteiger partial charge < -0.3 is 4.79 Å². The van der Waals surface area contributed by atoms with Gasteiger partial charge in [0, 0.05) is 6.42 Å². The fraction of sp³-hybridized carbons (Fsp3) is 0.909. The van der Waals surface area contributed by atoms with Crippen molar-refractivity contribution in [1.82, 2.24) is 0 Å².